The van der Waals surface area contributed by atoms with Gasteiger partial charge in [0.05, 0.1) is 19.8 Å². The van der Waals surface area contributed by atoms with Crippen LogP contribution in [0.3, 0.4) is 0 Å². The van der Waals surface area contributed by atoms with Gasteiger partial charge in [-0.25, -0.2) is 0 Å². The highest BCUT2D eigenvalue weighted by molar-refractivity contribution is 5.86. The number of ether oxygens (including phenoxy) is 4. The standard InChI is InChI=1S/C26H28O15/c27-8-26(36)9-38-25(23(26)35)37-7-18-20(32)21(33)22(34)24(41-18)39-11-4-14(30)19-15(31)6-16(40-17(19)5-11)10-1-2-12(28)13(29)3-10/h1-6,18,20-25,27-30,32-36H,7-9H2/t18?,20-,21+,22?,23-,24+,25?,26+/m0/s1. The van der Waals surface area contributed by atoms with Crippen molar-refractivity contribution in [3.63, 3.8) is 0 Å². The molecule has 3 heterocycles. The molecule has 0 aliphatic carbocycles. The maximum absolute atomic E-state index is 12.7. The Hall–Kier alpha value is -3.51. The van der Waals surface area contributed by atoms with Crippen molar-refractivity contribution in [2.45, 2.75) is 48.7 Å². The van der Waals surface area contributed by atoms with E-state index >= 15 is 0 Å². The predicted molar refractivity (Wildman–Crippen MR) is 134 cm³/mol. The van der Waals surface area contributed by atoms with Gasteiger partial charge in [0.25, 0.3) is 0 Å². The van der Waals surface area contributed by atoms with Crippen molar-refractivity contribution in [3.8, 4) is 34.3 Å². The maximum Gasteiger partial charge on any atom is 0.229 e. The van der Waals surface area contributed by atoms with E-state index in [1.54, 1.807) is 0 Å². The van der Waals surface area contributed by atoms with Crippen molar-refractivity contribution in [1.29, 1.82) is 0 Å². The highest BCUT2D eigenvalue weighted by atomic mass is 16.7. The topological polar surface area (TPSA) is 249 Å². The average Bonchev–Trinajstić information content (AvgIpc) is 3.23. The zero-order valence-electron chi connectivity index (χ0n) is 21.1. The number of fused-ring (bicyclic) bond motifs is 1. The molecule has 15 heteroatoms. The Morgan fingerprint density at radius 2 is 1.66 bits per heavy atom. The summed E-state index contributed by atoms with van der Waals surface area (Å²) in [7, 11) is 0. The van der Waals surface area contributed by atoms with Crippen LogP contribution in [0.15, 0.2) is 45.6 Å². The van der Waals surface area contributed by atoms with Crippen LogP contribution in [-0.2, 0) is 14.2 Å². The maximum atomic E-state index is 12.7. The van der Waals surface area contributed by atoms with Gasteiger partial charge in [0.2, 0.25) is 6.29 Å². The van der Waals surface area contributed by atoms with Gasteiger partial charge in [-0.05, 0) is 18.2 Å². The summed E-state index contributed by atoms with van der Waals surface area (Å²) in [6.45, 7) is -1.72. The molecular weight excluding hydrogens is 552 g/mol. The van der Waals surface area contributed by atoms with Crippen LogP contribution in [0.1, 0.15) is 0 Å². The lowest BCUT2D eigenvalue weighted by molar-refractivity contribution is -0.289. The van der Waals surface area contributed by atoms with Crippen molar-refractivity contribution >= 4 is 11.0 Å². The lowest BCUT2D eigenvalue weighted by Crippen LogP contribution is -2.60. The first-order valence-electron chi connectivity index (χ1n) is 12.4. The summed E-state index contributed by atoms with van der Waals surface area (Å²) in [5, 5.41) is 90.4. The molecule has 3 unspecified atom stereocenters. The van der Waals surface area contributed by atoms with E-state index in [1.807, 2.05) is 0 Å². The molecule has 2 aliphatic heterocycles. The molecule has 0 saturated carbocycles. The van der Waals surface area contributed by atoms with Gasteiger partial charge in [-0.3, -0.25) is 4.79 Å². The number of phenolic OH excluding ortho intramolecular Hbond substituents is 3. The fourth-order valence-corrected chi connectivity index (χ4v) is 4.54. The van der Waals surface area contributed by atoms with Gasteiger partial charge >= 0.3 is 0 Å². The highest BCUT2D eigenvalue weighted by Gasteiger charge is 2.50. The van der Waals surface area contributed by atoms with Gasteiger partial charge < -0.3 is 69.3 Å². The van der Waals surface area contributed by atoms with E-state index in [9.17, 15) is 50.8 Å². The molecule has 0 amide bonds. The molecule has 9 N–H and O–H groups in total. The number of hydrogen-bond acceptors (Lipinski definition) is 15. The molecular formula is C26H28O15. The third kappa shape index (κ3) is 5.42. The van der Waals surface area contributed by atoms with E-state index in [2.05, 4.69) is 0 Å². The van der Waals surface area contributed by atoms with Crippen LogP contribution in [0.2, 0.25) is 0 Å². The summed E-state index contributed by atoms with van der Waals surface area (Å²) in [5.41, 5.74) is -2.49. The molecule has 15 nitrogen and oxygen atoms in total. The molecule has 0 spiro atoms. The van der Waals surface area contributed by atoms with E-state index in [-0.39, 0.29) is 33.8 Å². The lowest BCUT2D eigenvalue weighted by atomic mass is 9.99. The number of aliphatic hydroxyl groups excluding tert-OH is 5. The molecule has 1 aromatic heterocycles. The van der Waals surface area contributed by atoms with E-state index in [0.717, 1.165) is 12.1 Å². The van der Waals surface area contributed by atoms with Gasteiger partial charge in [0, 0.05) is 23.8 Å². The Bertz CT molecular complexity index is 1470. The molecule has 41 heavy (non-hydrogen) atoms. The zero-order valence-corrected chi connectivity index (χ0v) is 21.1. The summed E-state index contributed by atoms with van der Waals surface area (Å²) in [5.74, 6) is -1.56. The summed E-state index contributed by atoms with van der Waals surface area (Å²) < 4.78 is 27.4. The second-order valence-electron chi connectivity index (χ2n) is 9.85. The molecule has 2 fully saturated rings. The molecule has 0 bridgehead atoms. The van der Waals surface area contributed by atoms with Crippen molar-refractivity contribution in [3.05, 3.63) is 46.6 Å². The van der Waals surface area contributed by atoms with E-state index in [0.29, 0.717) is 0 Å². The SMILES string of the molecule is O=c1cc(-c2ccc(O)c(O)c2)oc2cc(O[C@@H]3OC(COC4OC[C@](O)(CO)[C@H]4O)[C@H](O)[C@@H](O)C3O)cc(O)c12. The molecule has 8 atom stereocenters. The van der Waals surface area contributed by atoms with Crippen molar-refractivity contribution in [2.24, 2.45) is 0 Å². The fraction of sp³-hybridized carbons (Fsp3) is 0.423. The summed E-state index contributed by atoms with van der Waals surface area (Å²) >= 11 is 0. The third-order valence-corrected chi connectivity index (χ3v) is 6.97. The monoisotopic (exact) mass is 580 g/mol. The van der Waals surface area contributed by atoms with Crippen LogP contribution in [0.5, 0.6) is 23.0 Å². The summed E-state index contributed by atoms with van der Waals surface area (Å²) in [6.07, 6.45) is -11.2. The molecule has 222 valence electrons. The zero-order chi connectivity index (χ0) is 29.6. The van der Waals surface area contributed by atoms with E-state index in [4.69, 9.17) is 23.4 Å². The molecule has 3 aromatic rings. The molecule has 2 saturated heterocycles. The minimum atomic E-state index is -1.95. The largest absolute Gasteiger partial charge is 0.507 e. The molecule has 0 radical (unpaired) electrons. The minimum Gasteiger partial charge on any atom is -0.507 e. The summed E-state index contributed by atoms with van der Waals surface area (Å²) in [4.78, 5) is 12.7. The van der Waals surface area contributed by atoms with E-state index < -0.39 is 85.4 Å². The minimum absolute atomic E-state index is 0.0107. The first-order valence-corrected chi connectivity index (χ1v) is 12.4. The molecule has 5 rings (SSSR count). The second kappa shape index (κ2) is 11.1. The van der Waals surface area contributed by atoms with Crippen LogP contribution >= 0.6 is 0 Å². The van der Waals surface area contributed by atoms with Gasteiger partial charge in [0.15, 0.2) is 23.2 Å². The quantitative estimate of drug-likeness (QED) is 0.140. The lowest BCUT2D eigenvalue weighted by Gasteiger charge is -2.40. The van der Waals surface area contributed by atoms with Crippen LogP contribution in [-0.4, -0.2) is 114 Å². The number of rotatable bonds is 7. The van der Waals surface area contributed by atoms with Crippen molar-refractivity contribution in [1.82, 2.24) is 0 Å². The predicted octanol–water partition coefficient (Wildman–Crippen LogP) is -1.78. The Morgan fingerprint density at radius 1 is 0.902 bits per heavy atom. The smallest absolute Gasteiger partial charge is 0.229 e. The van der Waals surface area contributed by atoms with Gasteiger partial charge in [-0.1, -0.05) is 0 Å². The number of aromatic hydroxyl groups is 3. The number of hydrogen-bond donors (Lipinski definition) is 9. The third-order valence-electron chi connectivity index (χ3n) is 6.97. The number of benzene rings is 2. The Balaban J connectivity index is 1.36. The van der Waals surface area contributed by atoms with Crippen molar-refractivity contribution < 1.29 is 69.3 Å². The van der Waals surface area contributed by atoms with Crippen LogP contribution in [0.25, 0.3) is 22.3 Å². The number of phenols is 3. The van der Waals surface area contributed by atoms with Crippen molar-refractivity contribution in [2.75, 3.05) is 19.8 Å². The van der Waals surface area contributed by atoms with Crippen LogP contribution in [0, 0.1) is 0 Å². The van der Waals surface area contributed by atoms with Gasteiger partial charge in [0.1, 0.15) is 64.3 Å². The highest BCUT2D eigenvalue weighted by Crippen LogP contribution is 2.35. The molecule has 2 aromatic carbocycles. The Kier molecular flexibility index (Phi) is 7.82. The first kappa shape index (κ1) is 29.0. The summed E-state index contributed by atoms with van der Waals surface area (Å²) in [6, 6.07) is 7.08. The van der Waals surface area contributed by atoms with Crippen LogP contribution in [0.4, 0.5) is 0 Å². The second-order valence-corrected chi connectivity index (χ2v) is 9.85. The molecule has 2 aliphatic rings. The van der Waals surface area contributed by atoms with Gasteiger partial charge in [-0.15, -0.1) is 0 Å². The Labute approximate surface area is 230 Å². The van der Waals surface area contributed by atoms with E-state index in [1.165, 1.54) is 24.3 Å². The average molecular weight is 580 g/mol. The normalized spacial score (nSPS) is 31.9. The van der Waals surface area contributed by atoms with Crippen LogP contribution < -0.4 is 10.2 Å². The fourth-order valence-electron chi connectivity index (χ4n) is 4.54. The van der Waals surface area contributed by atoms with Gasteiger partial charge in [-0.2, -0.15) is 0 Å². The first-order chi connectivity index (χ1) is 19.4. The number of aliphatic hydroxyl groups is 6. The Morgan fingerprint density at radius 3 is 2.34 bits per heavy atom.